The third-order valence-corrected chi connectivity index (χ3v) is 6.43. The Morgan fingerprint density at radius 1 is 1.00 bits per heavy atom. The molecule has 0 saturated carbocycles. The topological polar surface area (TPSA) is 52.7 Å². The number of hydrogen-bond donors (Lipinski definition) is 1. The van der Waals surface area contributed by atoms with Gasteiger partial charge in [0.15, 0.2) is 0 Å². The van der Waals surface area contributed by atoms with Crippen LogP contribution in [0.1, 0.15) is 85.0 Å². The van der Waals surface area contributed by atoms with Crippen molar-refractivity contribution in [2.45, 2.75) is 97.1 Å². The van der Waals surface area contributed by atoms with Gasteiger partial charge >= 0.3 is 6.03 Å². The number of carbonyl (C=O) groups excluding carboxylic acids is 2. The number of urea groups is 1. The SMILES string of the molecule is CCC[C@@H](CCC(C)C)C(=O)NC(=O)N1CCCCC1CC1CCCN1C. The van der Waals surface area contributed by atoms with Crippen molar-refractivity contribution in [2.24, 2.45) is 11.8 Å². The molecule has 0 aromatic carbocycles. The summed E-state index contributed by atoms with van der Waals surface area (Å²) >= 11 is 0. The number of hydrogen-bond acceptors (Lipinski definition) is 3. The molecule has 0 aromatic heterocycles. The van der Waals surface area contributed by atoms with Crippen molar-refractivity contribution >= 4 is 11.9 Å². The van der Waals surface area contributed by atoms with Crippen LogP contribution in [0.2, 0.25) is 0 Å². The standard InChI is InChI=1S/C22H41N3O2/c1-5-9-18(13-12-17(2)3)21(26)23-22(27)25-15-7-6-10-20(25)16-19-11-8-14-24(19)4/h17-20H,5-16H2,1-4H3,(H,23,26,27)/t18-,19?,20?/m0/s1. The first-order valence-electron chi connectivity index (χ1n) is 11.2. The Kier molecular flexibility index (Phi) is 9.07. The Morgan fingerprint density at radius 2 is 1.74 bits per heavy atom. The van der Waals surface area contributed by atoms with Gasteiger partial charge in [-0.1, -0.05) is 33.6 Å². The van der Waals surface area contributed by atoms with Crippen molar-refractivity contribution in [3.05, 3.63) is 0 Å². The zero-order valence-corrected chi connectivity index (χ0v) is 18.0. The Hall–Kier alpha value is -1.10. The van der Waals surface area contributed by atoms with Gasteiger partial charge in [0.25, 0.3) is 0 Å². The molecule has 2 rings (SSSR count). The maximum Gasteiger partial charge on any atom is 0.324 e. The highest BCUT2D eigenvalue weighted by Gasteiger charge is 2.33. The predicted octanol–water partition coefficient (Wildman–Crippen LogP) is 4.41. The van der Waals surface area contributed by atoms with Crippen molar-refractivity contribution in [2.75, 3.05) is 20.1 Å². The van der Waals surface area contributed by atoms with Crippen LogP contribution in [-0.2, 0) is 4.79 Å². The number of nitrogens with zero attached hydrogens (tertiary/aromatic N) is 2. The molecule has 27 heavy (non-hydrogen) atoms. The van der Waals surface area contributed by atoms with Crippen molar-refractivity contribution in [1.82, 2.24) is 15.1 Å². The van der Waals surface area contributed by atoms with E-state index >= 15 is 0 Å². The van der Waals surface area contributed by atoms with Gasteiger partial charge in [0.1, 0.15) is 0 Å². The van der Waals surface area contributed by atoms with E-state index in [1.807, 2.05) is 4.90 Å². The minimum absolute atomic E-state index is 0.0365. The third kappa shape index (κ3) is 6.78. The molecule has 0 aliphatic carbocycles. The van der Waals surface area contributed by atoms with Crippen LogP contribution in [-0.4, -0.2) is 54.0 Å². The maximum absolute atomic E-state index is 12.9. The third-order valence-electron chi connectivity index (χ3n) is 6.43. The van der Waals surface area contributed by atoms with Gasteiger partial charge < -0.3 is 9.80 Å². The fourth-order valence-electron chi connectivity index (χ4n) is 4.67. The van der Waals surface area contributed by atoms with Gasteiger partial charge in [-0.25, -0.2) is 4.79 Å². The van der Waals surface area contributed by atoms with E-state index in [0.29, 0.717) is 12.0 Å². The fourth-order valence-corrected chi connectivity index (χ4v) is 4.67. The zero-order chi connectivity index (χ0) is 19.8. The molecule has 2 aliphatic rings. The summed E-state index contributed by atoms with van der Waals surface area (Å²) in [6, 6.07) is 0.700. The number of amides is 3. The van der Waals surface area contributed by atoms with Crippen LogP contribution in [0.15, 0.2) is 0 Å². The summed E-state index contributed by atoms with van der Waals surface area (Å²) in [6.07, 6.45) is 10.6. The smallest absolute Gasteiger partial charge is 0.321 e. The monoisotopic (exact) mass is 379 g/mol. The number of nitrogens with one attached hydrogen (secondary N) is 1. The molecule has 0 radical (unpaired) electrons. The molecule has 0 bridgehead atoms. The van der Waals surface area contributed by atoms with E-state index in [0.717, 1.165) is 58.0 Å². The lowest BCUT2D eigenvalue weighted by Crippen LogP contribution is -2.52. The second kappa shape index (κ2) is 11.0. The number of imide groups is 1. The lowest BCUT2D eigenvalue weighted by atomic mass is 9.93. The minimum atomic E-state index is -0.156. The van der Waals surface area contributed by atoms with Gasteiger partial charge in [-0.05, 0) is 70.9 Å². The summed E-state index contributed by atoms with van der Waals surface area (Å²) in [5.74, 6) is 0.484. The van der Waals surface area contributed by atoms with Crippen LogP contribution in [0.25, 0.3) is 0 Å². The molecule has 5 heteroatoms. The van der Waals surface area contributed by atoms with E-state index in [1.165, 1.54) is 19.3 Å². The van der Waals surface area contributed by atoms with Crippen molar-refractivity contribution in [1.29, 1.82) is 0 Å². The van der Waals surface area contributed by atoms with Crippen LogP contribution in [0.5, 0.6) is 0 Å². The summed E-state index contributed by atoms with van der Waals surface area (Å²) < 4.78 is 0. The highest BCUT2D eigenvalue weighted by molar-refractivity contribution is 5.95. The van der Waals surface area contributed by atoms with Crippen molar-refractivity contribution in [3.8, 4) is 0 Å². The normalized spacial score (nSPS) is 25.0. The molecule has 0 spiro atoms. The van der Waals surface area contributed by atoms with Gasteiger partial charge in [-0.3, -0.25) is 10.1 Å². The maximum atomic E-state index is 12.9. The second-order valence-corrected chi connectivity index (χ2v) is 9.11. The molecule has 5 nitrogen and oxygen atoms in total. The summed E-state index contributed by atoms with van der Waals surface area (Å²) in [6.45, 7) is 8.42. The minimum Gasteiger partial charge on any atom is -0.321 e. The van der Waals surface area contributed by atoms with E-state index in [2.05, 4.69) is 38.0 Å². The Bertz CT molecular complexity index is 480. The van der Waals surface area contributed by atoms with Crippen LogP contribution >= 0.6 is 0 Å². The van der Waals surface area contributed by atoms with E-state index < -0.39 is 0 Å². The van der Waals surface area contributed by atoms with Gasteiger partial charge in [0.05, 0.1) is 0 Å². The molecule has 2 aliphatic heterocycles. The second-order valence-electron chi connectivity index (χ2n) is 9.11. The molecule has 3 atom stereocenters. The Labute approximate surface area is 166 Å². The molecular weight excluding hydrogens is 338 g/mol. The fraction of sp³-hybridized carbons (Fsp3) is 0.909. The molecular formula is C22H41N3O2. The summed E-state index contributed by atoms with van der Waals surface area (Å²) in [7, 11) is 2.19. The zero-order valence-electron chi connectivity index (χ0n) is 18.0. The largest absolute Gasteiger partial charge is 0.324 e. The van der Waals surface area contributed by atoms with E-state index in [9.17, 15) is 9.59 Å². The molecule has 156 valence electrons. The van der Waals surface area contributed by atoms with Crippen LogP contribution in [0, 0.1) is 11.8 Å². The predicted molar refractivity (Wildman–Crippen MR) is 111 cm³/mol. The lowest BCUT2D eigenvalue weighted by molar-refractivity contribution is -0.124. The van der Waals surface area contributed by atoms with Crippen LogP contribution in [0.3, 0.4) is 0 Å². The summed E-state index contributed by atoms with van der Waals surface area (Å²) in [5, 5.41) is 2.76. The van der Waals surface area contributed by atoms with Crippen molar-refractivity contribution < 1.29 is 9.59 Å². The van der Waals surface area contributed by atoms with E-state index in [1.54, 1.807) is 0 Å². The molecule has 3 amide bonds. The average molecular weight is 380 g/mol. The first-order valence-corrected chi connectivity index (χ1v) is 11.2. The summed E-state index contributed by atoms with van der Waals surface area (Å²) in [5.41, 5.74) is 0. The highest BCUT2D eigenvalue weighted by atomic mass is 16.2. The first kappa shape index (κ1) is 22.2. The molecule has 2 fully saturated rings. The first-order chi connectivity index (χ1) is 12.9. The Balaban J connectivity index is 1.92. The van der Waals surface area contributed by atoms with Gasteiger partial charge in [0.2, 0.25) is 5.91 Å². The molecule has 2 saturated heterocycles. The van der Waals surface area contributed by atoms with Gasteiger partial charge in [-0.15, -0.1) is 0 Å². The van der Waals surface area contributed by atoms with Gasteiger partial charge in [0, 0.05) is 24.5 Å². The van der Waals surface area contributed by atoms with Gasteiger partial charge in [-0.2, -0.15) is 0 Å². The lowest BCUT2D eigenvalue weighted by Gasteiger charge is -2.38. The number of likely N-dealkylation sites (tertiary alicyclic amines) is 2. The Morgan fingerprint density at radius 3 is 2.37 bits per heavy atom. The molecule has 2 heterocycles. The van der Waals surface area contributed by atoms with Crippen molar-refractivity contribution in [3.63, 3.8) is 0 Å². The van der Waals surface area contributed by atoms with Crippen LogP contribution < -0.4 is 5.32 Å². The quantitative estimate of drug-likeness (QED) is 0.679. The molecule has 1 N–H and O–H groups in total. The average Bonchev–Trinajstić information content (AvgIpc) is 3.03. The number of piperidine rings is 1. The number of rotatable bonds is 8. The van der Waals surface area contributed by atoms with E-state index in [4.69, 9.17) is 0 Å². The molecule has 0 aromatic rings. The van der Waals surface area contributed by atoms with Crippen LogP contribution in [0.4, 0.5) is 4.79 Å². The highest BCUT2D eigenvalue weighted by Crippen LogP contribution is 2.27. The molecule has 2 unspecified atom stereocenters. The van der Waals surface area contributed by atoms with E-state index in [-0.39, 0.29) is 23.9 Å². The summed E-state index contributed by atoms with van der Waals surface area (Å²) in [4.78, 5) is 30.0. The number of carbonyl (C=O) groups is 2.